The van der Waals surface area contributed by atoms with Gasteiger partial charge in [0.1, 0.15) is 17.9 Å². The van der Waals surface area contributed by atoms with Gasteiger partial charge in [-0.15, -0.1) is 0 Å². The molecule has 0 saturated heterocycles. The predicted octanol–water partition coefficient (Wildman–Crippen LogP) is 1.77. The van der Waals surface area contributed by atoms with Gasteiger partial charge in [-0.3, -0.25) is 4.79 Å². The fourth-order valence-electron chi connectivity index (χ4n) is 1.72. The molecule has 15 heavy (non-hydrogen) atoms. The van der Waals surface area contributed by atoms with Gasteiger partial charge in [-0.2, -0.15) is 5.10 Å². The van der Waals surface area contributed by atoms with Gasteiger partial charge in [-0.05, 0) is 32.6 Å². The Bertz CT molecular complexity index is 352. The van der Waals surface area contributed by atoms with E-state index >= 15 is 0 Å². The molecule has 1 heterocycles. The molecule has 0 radical (unpaired) electrons. The second-order valence-corrected chi connectivity index (χ2v) is 4.58. The van der Waals surface area contributed by atoms with Crippen molar-refractivity contribution in [3.8, 4) is 0 Å². The van der Waals surface area contributed by atoms with E-state index in [0.717, 1.165) is 12.2 Å². The molecule has 82 valence electrons. The summed E-state index contributed by atoms with van der Waals surface area (Å²) >= 11 is 0. The summed E-state index contributed by atoms with van der Waals surface area (Å²) in [5, 5.41) is 4.12. The minimum absolute atomic E-state index is 0.274. The molecule has 1 saturated carbocycles. The van der Waals surface area contributed by atoms with Gasteiger partial charge in [-0.1, -0.05) is 0 Å². The Labute approximate surface area is 89.7 Å². The van der Waals surface area contributed by atoms with E-state index in [2.05, 4.69) is 10.1 Å². The van der Waals surface area contributed by atoms with Gasteiger partial charge < -0.3 is 0 Å². The second kappa shape index (κ2) is 4.13. The number of hydrogen-bond acceptors (Lipinski definition) is 3. The highest BCUT2D eigenvalue weighted by atomic mass is 16.1. The molecule has 1 aromatic rings. The van der Waals surface area contributed by atoms with Crippen molar-refractivity contribution in [2.45, 2.75) is 45.6 Å². The number of carbonyl (C=O) groups excluding carboxylic acids is 1. The van der Waals surface area contributed by atoms with E-state index in [1.165, 1.54) is 19.2 Å². The first-order valence-corrected chi connectivity index (χ1v) is 5.57. The molecule has 1 aliphatic rings. The molecule has 0 bridgehead atoms. The lowest BCUT2D eigenvalue weighted by Gasteiger charge is -2.08. The molecule has 0 atom stereocenters. The Morgan fingerprint density at radius 2 is 2.33 bits per heavy atom. The molecule has 1 aromatic heterocycles. The largest absolute Gasteiger partial charge is 0.299 e. The third-order valence-electron chi connectivity index (χ3n) is 2.70. The van der Waals surface area contributed by atoms with Crippen LogP contribution in [0.1, 0.15) is 45.0 Å². The molecule has 0 N–H and O–H groups in total. The first-order chi connectivity index (χ1) is 7.16. The number of Topliss-reactive ketones (excluding diaryl/α,β-unsaturated/α-hetero) is 1. The highest BCUT2D eigenvalue weighted by Crippen LogP contribution is 2.32. The van der Waals surface area contributed by atoms with Crippen LogP contribution < -0.4 is 0 Å². The van der Waals surface area contributed by atoms with E-state index in [4.69, 9.17) is 0 Å². The zero-order valence-corrected chi connectivity index (χ0v) is 9.31. The van der Waals surface area contributed by atoms with Gasteiger partial charge in [0.15, 0.2) is 0 Å². The molecule has 0 aliphatic heterocycles. The van der Waals surface area contributed by atoms with Crippen molar-refractivity contribution in [3.05, 3.63) is 12.2 Å². The van der Waals surface area contributed by atoms with Crippen molar-refractivity contribution in [3.63, 3.8) is 0 Å². The lowest BCUT2D eigenvalue weighted by atomic mass is 10.1. The Morgan fingerprint density at radius 3 is 2.93 bits per heavy atom. The number of ketones is 1. The van der Waals surface area contributed by atoms with Crippen molar-refractivity contribution < 1.29 is 4.79 Å². The van der Waals surface area contributed by atoms with Crippen molar-refractivity contribution in [2.24, 2.45) is 5.92 Å². The van der Waals surface area contributed by atoms with Crippen LogP contribution in [0.4, 0.5) is 0 Å². The smallest absolute Gasteiger partial charge is 0.140 e. The highest BCUT2D eigenvalue weighted by Gasteiger charge is 2.25. The van der Waals surface area contributed by atoms with Gasteiger partial charge in [0.2, 0.25) is 0 Å². The van der Waals surface area contributed by atoms with E-state index < -0.39 is 0 Å². The molecule has 4 nitrogen and oxygen atoms in total. The summed E-state index contributed by atoms with van der Waals surface area (Å²) in [4.78, 5) is 15.8. The van der Waals surface area contributed by atoms with Crippen molar-refractivity contribution >= 4 is 5.78 Å². The summed E-state index contributed by atoms with van der Waals surface area (Å²) in [6, 6.07) is 0.274. The maximum Gasteiger partial charge on any atom is 0.140 e. The van der Waals surface area contributed by atoms with E-state index in [1.54, 1.807) is 0 Å². The monoisotopic (exact) mass is 207 g/mol. The van der Waals surface area contributed by atoms with Crippen LogP contribution in [0.2, 0.25) is 0 Å². The van der Waals surface area contributed by atoms with Gasteiger partial charge >= 0.3 is 0 Å². The lowest BCUT2D eigenvalue weighted by Crippen LogP contribution is -2.13. The Balaban J connectivity index is 1.96. The quantitative estimate of drug-likeness (QED) is 0.739. The molecule has 2 rings (SSSR count). The van der Waals surface area contributed by atoms with Gasteiger partial charge in [0.05, 0.1) is 6.42 Å². The van der Waals surface area contributed by atoms with Crippen molar-refractivity contribution in [1.29, 1.82) is 0 Å². The number of rotatable bonds is 5. The molecule has 0 amide bonds. The molecule has 0 aromatic carbocycles. The van der Waals surface area contributed by atoms with Crippen LogP contribution in [-0.4, -0.2) is 20.5 Å². The minimum atomic E-state index is 0.274. The number of aromatic nitrogens is 3. The average Bonchev–Trinajstić information content (AvgIpc) is 2.82. The van der Waals surface area contributed by atoms with E-state index in [9.17, 15) is 4.79 Å². The Hall–Kier alpha value is -1.19. The third kappa shape index (κ3) is 2.64. The van der Waals surface area contributed by atoms with Crippen LogP contribution in [0, 0.1) is 5.92 Å². The highest BCUT2D eigenvalue weighted by molar-refractivity contribution is 5.80. The summed E-state index contributed by atoms with van der Waals surface area (Å²) in [5.41, 5.74) is 0. The Kier molecular flexibility index (Phi) is 2.84. The first kappa shape index (κ1) is 10.3. The number of carbonyl (C=O) groups is 1. The van der Waals surface area contributed by atoms with Gasteiger partial charge in [0.25, 0.3) is 0 Å². The average molecular weight is 207 g/mol. The maximum atomic E-state index is 11.7. The van der Waals surface area contributed by atoms with Crippen LogP contribution in [0.3, 0.4) is 0 Å². The van der Waals surface area contributed by atoms with E-state index in [1.807, 2.05) is 18.5 Å². The van der Waals surface area contributed by atoms with Crippen LogP contribution in [0.25, 0.3) is 0 Å². The molecular weight excluding hydrogens is 190 g/mol. The zero-order valence-electron chi connectivity index (χ0n) is 9.31. The van der Waals surface area contributed by atoms with Crippen molar-refractivity contribution in [1.82, 2.24) is 14.8 Å². The van der Waals surface area contributed by atoms with Crippen LogP contribution in [0.15, 0.2) is 6.33 Å². The van der Waals surface area contributed by atoms with Crippen molar-refractivity contribution in [2.75, 3.05) is 0 Å². The molecular formula is C11H17N3O. The van der Waals surface area contributed by atoms with Gasteiger partial charge in [-0.25, -0.2) is 9.67 Å². The van der Waals surface area contributed by atoms with Crippen LogP contribution in [-0.2, 0) is 11.2 Å². The number of nitrogens with zero attached hydrogens (tertiary/aromatic N) is 3. The molecule has 4 heteroatoms. The number of hydrogen-bond donors (Lipinski definition) is 0. The fourth-order valence-corrected chi connectivity index (χ4v) is 1.72. The van der Waals surface area contributed by atoms with Crippen LogP contribution in [0.5, 0.6) is 0 Å². The van der Waals surface area contributed by atoms with Gasteiger partial charge in [0, 0.05) is 12.5 Å². The SMILES string of the molecule is CC(C)n1ncnc1CC(=O)CC1CC1. The topological polar surface area (TPSA) is 47.8 Å². The normalized spacial score (nSPS) is 15.9. The third-order valence-corrected chi connectivity index (χ3v) is 2.70. The second-order valence-electron chi connectivity index (χ2n) is 4.58. The maximum absolute atomic E-state index is 11.7. The summed E-state index contributed by atoms with van der Waals surface area (Å²) < 4.78 is 1.82. The first-order valence-electron chi connectivity index (χ1n) is 5.57. The van der Waals surface area contributed by atoms with E-state index in [-0.39, 0.29) is 6.04 Å². The Morgan fingerprint density at radius 1 is 1.60 bits per heavy atom. The predicted molar refractivity (Wildman–Crippen MR) is 56.5 cm³/mol. The standard InChI is InChI=1S/C11H17N3O/c1-8(2)14-11(12-7-13-14)6-10(15)5-9-3-4-9/h7-9H,3-6H2,1-2H3. The molecule has 1 fully saturated rings. The molecule has 0 unspecified atom stereocenters. The molecule has 1 aliphatic carbocycles. The summed E-state index contributed by atoms with van der Waals surface area (Å²) in [6.07, 6.45) is 5.14. The van der Waals surface area contributed by atoms with Crippen LogP contribution >= 0.6 is 0 Å². The summed E-state index contributed by atoms with van der Waals surface area (Å²) in [7, 11) is 0. The summed E-state index contributed by atoms with van der Waals surface area (Å²) in [6.45, 7) is 4.09. The zero-order chi connectivity index (χ0) is 10.8. The lowest BCUT2D eigenvalue weighted by molar-refractivity contribution is -0.118. The summed E-state index contributed by atoms with van der Waals surface area (Å²) in [5.74, 6) is 1.76. The van der Waals surface area contributed by atoms with E-state index in [0.29, 0.717) is 18.1 Å². The minimum Gasteiger partial charge on any atom is -0.299 e. The molecule has 0 spiro atoms. The fraction of sp³-hybridized carbons (Fsp3) is 0.727.